The van der Waals surface area contributed by atoms with E-state index in [-0.39, 0.29) is 24.2 Å². The highest BCUT2D eigenvalue weighted by Crippen LogP contribution is 2.36. The molecule has 5 nitrogen and oxygen atoms in total. The zero-order valence-electron chi connectivity index (χ0n) is 9.12. The largest absolute Gasteiger partial charge is 0.347 e. The Morgan fingerprint density at radius 1 is 1.25 bits per heavy atom. The molecule has 0 aromatic heterocycles. The molecule has 0 radical (unpaired) electrons. The maximum absolute atomic E-state index is 10.9. The van der Waals surface area contributed by atoms with Gasteiger partial charge in [0.15, 0.2) is 6.29 Å². The predicted molar refractivity (Wildman–Crippen MR) is 56.9 cm³/mol. The Kier molecular flexibility index (Phi) is 2.89. The molecule has 2 rings (SSSR count). The SMILES string of the molecule is CC1O[C@H](c2ccccc2[N+](=O)[O-])[C@@H](C)O1. The molecule has 3 atom stereocenters. The van der Waals surface area contributed by atoms with Crippen LogP contribution in [-0.2, 0) is 9.47 Å². The van der Waals surface area contributed by atoms with Crippen molar-refractivity contribution in [2.24, 2.45) is 0 Å². The minimum Gasteiger partial charge on any atom is -0.347 e. The summed E-state index contributed by atoms with van der Waals surface area (Å²) in [6.07, 6.45) is -0.854. The molecule has 0 aliphatic carbocycles. The van der Waals surface area contributed by atoms with Crippen molar-refractivity contribution in [3.63, 3.8) is 0 Å². The summed E-state index contributed by atoms with van der Waals surface area (Å²) in [5.74, 6) is 0. The summed E-state index contributed by atoms with van der Waals surface area (Å²) in [5.41, 5.74) is 0.654. The first-order valence-electron chi connectivity index (χ1n) is 5.14. The molecule has 86 valence electrons. The second kappa shape index (κ2) is 4.19. The van der Waals surface area contributed by atoms with Crippen LogP contribution in [-0.4, -0.2) is 17.3 Å². The van der Waals surface area contributed by atoms with E-state index in [1.807, 2.05) is 6.92 Å². The Morgan fingerprint density at radius 2 is 1.94 bits per heavy atom. The van der Waals surface area contributed by atoms with Crippen LogP contribution < -0.4 is 0 Å². The normalized spacial score (nSPS) is 29.2. The van der Waals surface area contributed by atoms with Crippen molar-refractivity contribution in [3.8, 4) is 0 Å². The molecule has 1 aromatic rings. The minimum absolute atomic E-state index is 0.0806. The number of para-hydroxylation sites is 1. The van der Waals surface area contributed by atoms with E-state index >= 15 is 0 Å². The van der Waals surface area contributed by atoms with Crippen molar-refractivity contribution >= 4 is 5.69 Å². The van der Waals surface area contributed by atoms with Crippen LogP contribution in [0, 0.1) is 10.1 Å². The van der Waals surface area contributed by atoms with Gasteiger partial charge in [-0.1, -0.05) is 12.1 Å². The van der Waals surface area contributed by atoms with Gasteiger partial charge in [-0.3, -0.25) is 10.1 Å². The molecule has 0 N–H and O–H groups in total. The fourth-order valence-electron chi connectivity index (χ4n) is 1.94. The second-order valence-corrected chi connectivity index (χ2v) is 3.78. The van der Waals surface area contributed by atoms with Gasteiger partial charge in [-0.05, 0) is 19.9 Å². The average Bonchev–Trinajstić information content (AvgIpc) is 2.57. The lowest BCUT2D eigenvalue weighted by Gasteiger charge is -2.12. The lowest BCUT2D eigenvalue weighted by molar-refractivity contribution is -0.386. The Hall–Kier alpha value is -1.46. The van der Waals surface area contributed by atoms with Crippen molar-refractivity contribution in [2.75, 3.05) is 0 Å². The monoisotopic (exact) mass is 223 g/mol. The maximum Gasteiger partial charge on any atom is 0.275 e. The van der Waals surface area contributed by atoms with E-state index in [1.165, 1.54) is 6.07 Å². The zero-order chi connectivity index (χ0) is 11.7. The van der Waals surface area contributed by atoms with Crippen molar-refractivity contribution < 1.29 is 14.4 Å². The molecular weight excluding hydrogens is 210 g/mol. The van der Waals surface area contributed by atoms with Gasteiger partial charge in [0.2, 0.25) is 0 Å². The summed E-state index contributed by atoms with van der Waals surface area (Å²) < 4.78 is 10.9. The van der Waals surface area contributed by atoms with Gasteiger partial charge in [0.05, 0.1) is 16.6 Å². The Morgan fingerprint density at radius 3 is 2.50 bits per heavy atom. The van der Waals surface area contributed by atoms with Crippen LogP contribution in [0.5, 0.6) is 0 Å². The molecule has 1 unspecified atom stereocenters. The third kappa shape index (κ3) is 1.91. The van der Waals surface area contributed by atoms with E-state index < -0.39 is 4.92 Å². The smallest absolute Gasteiger partial charge is 0.275 e. The first kappa shape index (κ1) is 11.0. The third-order valence-corrected chi connectivity index (χ3v) is 2.61. The predicted octanol–water partition coefficient (Wildman–Crippen LogP) is 2.42. The lowest BCUT2D eigenvalue weighted by atomic mass is 10.0. The number of ether oxygens (including phenoxy) is 2. The van der Waals surface area contributed by atoms with Gasteiger partial charge in [0.25, 0.3) is 5.69 Å². The molecule has 1 aliphatic rings. The fraction of sp³-hybridized carbons (Fsp3) is 0.455. The highest BCUT2D eigenvalue weighted by Gasteiger charge is 2.35. The number of nitro benzene ring substituents is 1. The Bertz CT molecular complexity index is 407. The first-order chi connectivity index (χ1) is 7.59. The van der Waals surface area contributed by atoms with Crippen molar-refractivity contribution in [1.29, 1.82) is 0 Å². The summed E-state index contributed by atoms with van der Waals surface area (Å²) in [5, 5.41) is 10.9. The summed E-state index contributed by atoms with van der Waals surface area (Å²) in [6, 6.07) is 6.60. The van der Waals surface area contributed by atoms with Crippen LogP contribution in [0.15, 0.2) is 24.3 Å². The molecule has 0 amide bonds. The topological polar surface area (TPSA) is 61.6 Å². The van der Waals surface area contributed by atoms with Crippen LogP contribution >= 0.6 is 0 Å². The van der Waals surface area contributed by atoms with E-state index in [0.717, 1.165) is 0 Å². The molecule has 16 heavy (non-hydrogen) atoms. The number of hydrogen-bond acceptors (Lipinski definition) is 4. The van der Waals surface area contributed by atoms with Crippen LogP contribution in [0.2, 0.25) is 0 Å². The quantitative estimate of drug-likeness (QED) is 0.570. The van der Waals surface area contributed by atoms with Gasteiger partial charge in [-0.15, -0.1) is 0 Å². The van der Waals surface area contributed by atoms with E-state index in [2.05, 4.69) is 0 Å². The maximum atomic E-state index is 10.9. The number of nitro groups is 1. The molecule has 1 aliphatic heterocycles. The van der Waals surface area contributed by atoms with Crippen molar-refractivity contribution in [3.05, 3.63) is 39.9 Å². The van der Waals surface area contributed by atoms with Crippen molar-refractivity contribution in [1.82, 2.24) is 0 Å². The van der Waals surface area contributed by atoms with Gasteiger partial charge in [-0.2, -0.15) is 0 Å². The van der Waals surface area contributed by atoms with Gasteiger partial charge in [0.1, 0.15) is 6.10 Å². The minimum atomic E-state index is -0.394. The van der Waals surface area contributed by atoms with Crippen LogP contribution in [0.3, 0.4) is 0 Å². The van der Waals surface area contributed by atoms with Gasteiger partial charge < -0.3 is 9.47 Å². The summed E-state index contributed by atoms with van der Waals surface area (Å²) in [7, 11) is 0. The van der Waals surface area contributed by atoms with Gasteiger partial charge in [0, 0.05) is 6.07 Å². The van der Waals surface area contributed by atoms with E-state index in [1.54, 1.807) is 25.1 Å². The van der Waals surface area contributed by atoms with Gasteiger partial charge in [-0.25, -0.2) is 0 Å². The second-order valence-electron chi connectivity index (χ2n) is 3.78. The van der Waals surface area contributed by atoms with Crippen LogP contribution in [0.1, 0.15) is 25.5 Å². The molecule has 1 saturated heterocycles. The Balaban J connectivity index is 2.36. The lowest BCUT2D eigenvalue weighted by Crippen LogP contribution is -2.12. The van der Waals surface area contributed by atoms with E-state index in [9.17, 15) is 10.1 Å². The molecule has 5 heteroatoms. The summed E-state index contributed by atoms with van der Waals surface area (Å²) in [6.45, 7) is 3.64. The zero-order valence-corrected chi connectivity index (χ0v) is 9.12. The summed E-state index contributed by atoms with van der Waals surface area (Å²) >= 11 is 0. The number of rotatable bonds is 2. The summed E-state index contributed by atoms with van der Waals surface area (Å²) in [4.78, 5) is 10.5. The first-order valence-corrected chi connectivity index (χ1v) is 5.14. The standard InChI is InChI=1S/C11H13NO4/c1-7-11(16-8(2)15-7)9-5-3-4-6-10(9)12(13)14/h3-8,11H,1-2H3/t7-,8?,11+/m1/s1. The van der Waals surface area contributed by atoms with Crippen LogP contribution in [0.25, 0.3) is 0 Å². The van der Waals surface area contributed by atoms with Crippen molar-refractivity contribution in [2.45, 2.75) is 32.3 Å². The number of hydrogen-bond donors (Lipinski definition) is 0. The fourth-order valence-corrected chi connectivity index (χ4v) is 1.94. The Labute approximate surface area is 93.1 Å². The number of benzene rings is 1. The highest BCUT2D eigenvalue weighted by molar-refractivity contribution is 5.42. The molecule has 1 aromatic carbocycles. The average molecular weight is 223 g/mol. The van der Waals surface area contributed by atoms with Gasteiger partial charge >= 0.3 is 0 Å². The van der Waals surface area contributed by atoms with E-state index in [0.29, 0.717) is 5.56 Å². The molecule has 0 saturated carbocycles. The van der Waals surface area contributed by atoms with Crippen LogP contribution in [0.4, 0.5) is 5.69 Å². The molecular formula is C11H13NO4. The molecule has 0 bridgehead atoms. The molecule has 0 spiro atoms. The third-order valence-electron chi connectivity index (χ3n) is 2.61. The van der Waals surface area contributed by atoms with E-state index in [4.69, 9.17) is 9.47 Å². The molecule has 1 fully saturated rings. The highest BCUT2D eigenvalue weighted by atomic mass is 16.7. The molecule has 1 heterocycles. The number of nitrogens with zero attached hydrogens (tertiary/aromatic N) is 1.